The predicted octanol–water partition coefficient (Wildman–Crippen LogP) is 1.28. The topological polar surface area (TPSA) is 56.6 Å². The Morgan fingerprint density at radius 1 is 1.42 bits per heavy atom. The second-order valence-corrected chi connectivity index (χ2v) is 4.65. The monoisotopic (exact) mass is 276 g/mol. The number of pyridine rings is 1. The Hall–Kier alpha value is -1.34. The second-order valence-electron chi connectivity index (χ2n) is 4.65. The highest BCUT2D eigenvalue weighted by atomic mass is 19.4. The molecule has 7 heteroatoms. The lowest BCUT2D eigenvalue weighted by Crippen LogP contribution is -2.45. The largest absolute Gasteiger partial charge is 0.416 e. The van der Waals surface area contributed by atoms with Crippen LogP contribution < -0.4 is 4.90 Å². The van der Waals surface area contributed by atoms with Gasteiger partial charge in [-0.15, -0.1) is 0 Å². The lowest BCUT2D eigenvalue weighted by molar-refractivity contribution is -0.137. The van der Waals surface area contributed by atoms with Crippen molar-refractivity contribution in [3.8, 4) is 0 Å². The van der Waals surface area contributed by atoms with Crippen LogP contribution in [0.25, 0.3) is 0 Å². The SMILES string of the molecule is OCC1CN(c2cc(C(F)(F)F)ccn2)CCC1O. The lowest BCUT2D eigenvalue weighted by Gasteiger charge is -2.36. The third kappa shape index (κ3) is 3.16. The van der Waals surface area contributed by atoms with Gasteiger partial charge < -0.3 is 15.1 Å². The zero-order valence-electron chi connectivity index (χ0n) is 10.1. The van der Waals surface area contributed by atoms with E-state index in [9.17, 15) is 18.3 Å². The molecule has 1 saturated heterocycles. The highest BCUT2D eigenvalue weighted by molar-refractivity contribution is 5.42. The molecule has 0 spiro atoms. The molecule has 1 aromatic rings. The van der Waals surface area contributed by atoms with Crippen molar-refractivity contribution < 1.29 is 23.4 Å². The lowest BCUT2D eigenvalue weighted by atomic mass is 9.95. The molecule has 2 N–H and O–H groups in total. The number of alkyl halides is 3. The molecule has 19 heavy (non-hydrogen) atoms. The highest BCUT2D eigenvalue weighted by Gasteiger charge is 2.32. The van der Waals surface area contributed by atoms with Gasteiger partial charge in [-0.25, -0.2) is 4.98 Å². The van der Waals surface area contributed by atoms with Gasteiger partial charge in [-0.1, -0.05) is 0 Å². The first kappa shape index (κ1) is 14.1. The van der Waals surface area contributed by atoms with Gasteiger partial charge in [-0.2, -0.15) is 13.2 Å². The quantitative estimate of drug-likeness (QED) is 0.854. The number of rotatable bonds is 2. The van der Waals surface area contributed by atoms with Crippen LogP contribution in [0.15, 0.2) is 18.3 Å². The second kappa shape index (κ2) is 5.34. The van der Waals surface area contributed by atoms with Crippen LogP contribution in [0.4, 0.5) is 19.0 Å². The Kier molecular flexibility index (Phi) is 3.96. The molecule has 2 atom stereocenters. The first-order chi connectivity index (χ1) is 8.91. The Morgan fingerprint density at radius 3 is 2.79 bits per heavy atom. The van der Waals surface area contributed by atoms with Crippen LogP contribution in [0.3, 0.4) is 0 Å². The number of hydrogen-bond acceptors (Lipinski definition) is 4. The molecule has 2 heterocycles. The van der Waals surface area contributed by atoms with Crippen molar-refractivity contribution in [2.75, 3.05) is 24.6 Å². The molecule has 1 aromatic heterocycles. The van der Waals surface area contributed by atoms with Crippen LogP contribution in [-0.2, 0) is 6.18 Å². The summed E-state index contributed by atoms with van der Waals surface area (Å²) in [4.78, 5) is 5.59. The molecule has 2 rings (SSSR count). The summed E-state index contributed by atoms with van der Waals surface area (Å²) < 4.78 is 37.8. The van der Waals surface area contributed by atoms with Gasteiger partial charge in [0.25, 0.3) is 0 Å². The Morgan fingerprint density at radius 2 is 2.16 bits per heavy atom. The molecule has 2 unspecified atom stereocenters. The van der Waals surface area contributed by atoms with E-state index >= 15 is 0 Å². The number of anilines is 1. The molecule has 1 aliphatic heterocycles. The Balaban J connectivity index is 2.18. The molecule has 1 aliphatic rings. The van der Waals surface area contributed by atoms with Gasteiger partial charge in [0.15, 0.2) is 0 Å². The summed E-state index contributed by atoms with van der Waals surface area (Å²) in [6.07, 6.45) is -3.49. The first-order valence-corrected chi connectivity index (χ1v) is 5.99. The van der Waals surface area contributed by atoms with Crippen molar-refractivity contribution in [3.05, 3.63) is 23.9 Å². The molecule has 0 bridgehead atoms. The number of halogens is 3. The van der Waals surface area contributed by atoms with Gasteiger partial charge in [-0.05, 0) is 18.6 Å². The summed E-state index contributed by atoms with van der Waals surface area (Å²) in [7, 11) is 0. The number of aromatic nitrogens is 1. The summed E-state index contributed by atoms with van der Waals surface area (Å²) in [6.45, 7) is 0.522. The summed E-state index contributed by atoms with van der Waals surface area (Å²) in [5.74, 6) is -0.134. The maximum atomic E-state index is 12.6. The molecule has 0 amide bonds. The number of aliphatic hydroxyl groups is 2. The van der Waals surface area contributed by atoms with Crippen molar-refractivity contribution >= 4 is 5.82 Å². The molecule has 1 fully saturated rings. The van der Waals surface area contributed by atoms with Crippen LogP contribution in [0, 0.1) is 5.92 Å². The van der Waals surface area contributed by atoms with Gasteiger partial charge in [0.05, 0.1) is 18.3 Å². The zero-order chi connectivity index (χ0) is 14.0. The van der Waals surface area contributed by atoms with E-state index in [0.29, 0.717) is 19.5 Å². The maximum absolute atomic E-state index is 12.6. The minimum Gasteiger partial charge on any atom is -0.396 e. The standard InChI is InChI=1S/C12H15F3N2O2/c13-12(14,15)9-1-3-16-11(5-9)17-4-2-10(19)8(6-17)7-18/h1,3,5,8,10,18-19H,2,4,6-7H2. The van der Waals surface area contributed by atoms with E-state index in [1.165, 1.54) is 0 Å². The minimum atomic E-state index is -4.40. The normalized spacial score (nSPS) is 24.6. The smallest absolute Gasteiger partial charge is 0.396 e. The average Bonchev–Trinajstić information content (AvgIpc) is 2.38. The third-order valence-electron chi connectivity index (χ3n) is 3.33. The summed E-state index contributed by atoms with van der Waals surface area (Å²) in [5, 5.41) is 18.8. The summed E-state index contributed by atoms with van der Waals surface area (Å²) in [5.41, 5.74) is -0.746. The van der Waals surface area contributed by atoms with E-state index in [1.54, 1.807) is 4.90 Å². The van der Waals surface area contributed by atoms with Crippen molar-refractivity contribution in [1.29, 1.82) is 0 Å². The van der Waals surface area contributed by atoms with Gasteiger partial charge in [-0.3, -0.25) is 0 Å². The summed E-state index contributed by atoms with van der Waals surface area (Å²) in [6, 6.07) is 1.91. The van der Waals surface area contributed by atoms with Crippen molar-refractivity contribution in [1.82, 2.24) is 4.98 Å². The third-order valence-corrected chi connectivity index (χ3v) is 3.33. The molecular formula is C12H15F3N2O2. The van der Waals surface area contributed by atoms with Crippen molar-refractivity contribution in [2.45, 2.75) is 18.7 Å². The molecule has 0 saturated carbocycles. The fourth-order valence-electron chi connectivity index (χ4n) is 2.18. The van der Waals surface area contributed by atoms with E-state index in [4.69, 9.17) is 5.11 Å². The predicted molar refractivity (Wildman–Crippen MR) is 62.7 cm³/mol. The van der Waals surface area contributed by atoms with E-state index in [0.717, 1.165) is 18.3 Å². The Bertz CT molecular complexity index is 439. The number of nitrogens with zero attached hydrogens (tertiary/aromatic N) is 2. The molecule has 0 radical (unpaired) electrons. The Labute approximate surface area is 108 Å². The minimum absolute atomic E-state index is 0.198. The van der Waals surface area contributed by atoms with Crippen LogP contribution in [0.5, 0.6) is 0 Å². The molecule has 106 valence electrons. The van der Waals surface area contributed by atoms with Gasteiger partial charge >= 0.3 is 6.18 Å². The number of hydrogen-bond donors (Lipinski definition) is 2. The van der Waals surface area contributed by atoms with Gasteiger partial charge in [0.2, 0.25) is 0 Å². The van der Waals surface area contributed by atoms with E-state index in [-0.39, 0.29) is 18.3 Å². The molecule has 0 aliphatic carbocycles. The van der Waals surface area contributed by atoms with Crippen LogP contribution in [0.1, 0.15) is 12.0 Å². The van der Waals surface area contributed by atoms with E-state index in [2.05, 4.69) is 4.98 Å². The fraction of sp³-hybridized carbons (Fsp3) is 0.583. The van der Waals surface area contributed by atoms with Gasteiger partial charge in [0.1, 0.15) is 5.82 Å². The zero-order valence-corrected chi connectivity index (χ0v) is 10.1. The van der Waals surface area contributed by atoms with E-state index < -0.39 is 17.8 Å². The van der Waals surface area contributed by atoms with Crippen LogP contribution in [-0.4, -0.2) is 41.0 Å². The fourth-order valence-corrected chi connectivity index (χ4v) is 2.18. The van der Waals surface area contributed by atoms with E-state index in [1.807, 2.05) is 0 Å². The molecule has 4 nitrogen and oxygen atoms in total. The highest BCUT2D eigenvalue weighted by Crippen LogP contribution is 2.31. The maximum Gasteiger partial charge on any atom is 0.416 e. The van der Waals surface area contributed by atoms with Crippen molar-refractivity contribution in [2.24, 2.45) is 5.92 Å². The number of aliphatic hydroxyl groups excluding tert-OH is 2. The van der Waals surface area contributed by atoms with Crippen molar-refractivity contribution in [3.63, 3.8) is 0 Å². The first-order valence-electron chi connectivity index (χ1n) is 5.99. The van der Waals surface area contributed by atoms with Crippen LogP contribution in [0.2, 0.25) is 0 Å². The average molecular weight is 276 g/mol. The number of piperidine rings is 1. The molecule has 0 aromatic carbocycles. The van der Waals surface area contributed by atoms with Gasteiger partial charge in [0, 0.05) is 25.2 Å². The van der Waals surface area contributed by atoms with Crippen LogP contribution >= 0.6 is 0 Å². The summed E-state index contributed by atoms with van der Waals surface area (Å²) >= 11 is 0. The molecular weight excluding hydrogens is 261 g/mol.